The van der Waals surface area contributed by atoms with Crippen LogP contribution in [0.3, 0.4) is 0 Å². The molecule has 0 aliphatic rings. The van der Waals surface area contributed by atoms with Crippen molar-refractivity contribution in [3.05, 3.63) is 48.8 Å². The van der Waals surface area contributed by atoms with Gasteiger partial charge in [0, 0.05) is 11.1 Å². The summed E-state index contributed by atoms with van der Waals surface area (Å²) in [7, 11) is 1.17. The minimum atomic E-state index is -0.980. The average molecular weight is 364 g/mol. The van der Waals surface area contributed by atoms with Crippen molar-refractivity contribution in [1.29, 1.82) is 5.26 Å². The summed E-state index contributed by atoms with van der Waals surface area (Å²) < 4.78 is 5.64. The van der Waals surface area contributed by atoms with Gasteiger partial charge in [-0.05, 0) is 24.3 Å². The molecule has 2 rings (SSSR count). The van der Waals surface area contributed by atoms with Crippen molar-refractivity contribution in [2.45, 2.75) is 0 Å². The van der Waals surface area contributed by atoms with E-state index in [0.717, 1.165) is 22.0 Å². The van der Waals surface area contributed by atoms with E-state index in [1.165, 1.54) is 19.2 Å². The van der Waals surface area contributed by atoms with Crippen LogP contribution >= 0.6 is 22.9 Å². The van der Waals surface area contributed by atoms with Crippen molar-refractivity contribution in [3.63, 3.8) is 0 Å². The second kappa shape index (κ2) is 7.12. The Labute approximate surface area is 144 Å². The lowest BCUT2D eigenvalue weighted by Gasteiger charge is -2.02. The van der Waals surface area contributed by atoms with Crippen LogP contribution in [0.15, 0.2) is 29.1 Å². The molecule has 0 unspecified atom stereocenters. The molecule has 0 saturated heterocycles. The van der Waals surface area contributed by atoms with E-state index in [9.17, 15) is 19.6 Å². The molecule has 0 spiro atoms. The fourth-order valence-electron chi connectivity index (χ4n) is 1.85. The molecule has 0 aliphatic heterocycles. The van der Waals surface area contributed by atoms with Crippen LogP contribution in [0.5, 0.6) is 0 Å². The fourth-order valence-corrected chi connectivity index (χ4v) is 3.04. The first kappa shape index (κ1) is 17.5. The summed E-state index contributed by atoms with van der Waals surface area (Å²) in [4.78, 5) is 35.5. The van der Waals surface area contributed by atoms with Crippen LogP contribution in [-0.4, -0.2) is 23.6 Å². The Kier molecular flexibility index (Phi) is 5.18. The van der Waals surface area contributed by atoms with Crippen molar-refractivity contribution in [1.82, 2.24) is 4.57 Å². The Morgan fingerprint density at radius 2 is 2.00 bits per heavy atom. The van der Waals surface area contributed by atoms with Gasteiger partial charge in [-0.15, -0.1) is 11.3 Å². The Hall–Kier alpha value is -2.89. The molecule has 9 heteroatoms. The third-order valence-corrected chi connectivity index (χ3v) is 4.28. The Bertz CT molecular complexity index is 1030. The van der Waals surface area contributed by atoms with E-state index in [4.69, 9.17) is 17.3 Å². The number of hydrogen-bond acceptors (Lipinski definition) is 6. The lowest BCUT2D eigenvalue weighted by atomic mass is 10.3. The third-order valence-electron chi connectivity index (χ3n) is 2.93. The molecule has 1 aromatic heterocycles. The molecule has 0 atom stereocenters. The minimum Gasteiger partial charge on any atom is -0.466 e. The van der Waals surface area contributed by atoms with Crippen molar-refractivity contribution in [2.75, 3.05) is 7.11 Å². The summed E-state index contributed by atoms with van der Waals surface area (Å²) in [6.45, 7) is 0. The molecule has 2 aromatic rings. The lowest BCUT2D eigenvalue weighted by Crippen LogP contribution is -2.32. The number of rotatable bonds is 3. The largest absolute Gasteiger partial charge is 0.466 e. The Morgan fingerprint density at radius 1 is 1.38 bits per heavy atom. The van der Waals surface area contributed by atoms with Crippen LogP contribution in [0, 0.1) is 11.3 Å². The van der Waals surface area contributed by atoms with Crippen molar-refractivity contribution in [2.24, 2.45) is 5.73 Å². The quantitative estimate of drug-likeness (QED) is 0.749. The number of carbonyl (C=O) groups is 2. The van der Waals surface area contributed by atoms with Crippen molar-refractivity contribution >= 4 is 46.5 Å². The van der Waals surface area contributed by atoms with Crippen LogP contribution in [0.1, 0.15) is 0 Å². The Morgan fingerprint density at radius 3 is 2.50 bits per heavy atom. The average Bonchev–Trinajstić information content (AvgIpc) is 2.85. The summed E-state index contributed by atoms with van der Waals surface area (Å²) in [6.07, 6.45) is 0.985. The van der Waals surface area contributed by atoms with Gasteiger partial charge in [0.2, 0.25) is 0 Å². The first-order valence-corrected chi connectivity index (χ1v) is 7.60. The summed E-state index contributed by atoms with van der Waals surface area (Å²) in [6, 6.07) is 7.86. The molecule has 1 aromatic carbocycles. The van der Waals surface area contributed by atoms with E-state index in [-0.39, 0.29) is 9.20 Å². The van der Waals surface area contributed by atoms with E-state index in [0.29, 0.717) is 10.7 Å². The van der Waals surface area contributed by atoms with Gasteiger partial charge in [0.05, 0.1) is 12.8 Å². The standard InChI is InChI=1S/C15H10ClN3O4S/c1-23-12(20)6-11-14(22)19(9-4-2-8(16)3-5-9)15(24-11)10(7-17)13(18)21/h2-6H,1H3,(H2,18,21)/b11-6-,15-10-. The van der Waals surface area contributed by atoms with E-state index in [2.05, 4.69) is 4.74 Å². The second-order valence-corrected chi connectivity index (χ2v) is 5.87. The number of methoxy groups -OCH3 is 1. The van der Waals surface area contributed by atoms with Gasteiger partial charge in [-0.25, -0.2) is 4.79 Å². The highest BCUT2D eigenvalue weighted by Crippen LogP contribution is 2.11. The lowest BCUT2D eigenvalue weighted by molar-refractivity contribution is -0.133. The smallest absolute Gasteiger partial charge is 0.332 e. The van der Waals surface area contributed by atoms with E-state index in [1.54, 1.807) is 18.2 Å². The highest BCUT2D eigenvalue weighted by atomic mass is 35.5. The summed E-state index contributed by atoms with van der Waals surface area (Å²) in [5, 5.41) is 9.62. The van der Waals surface area contributed by atoms with Gasteiger partial charge < -0.3 is 10.5 Å². The van der Waals surface area contributed by atoms with Gasteiger partial charge in [-0.2, -0.15) is 5.26 Å². The summed E-state index contributed by atoms with van der Waals surface area (Å²) in [5.41, 5.74) is 4.60. The third kappa shape index (κ3) is 3.37. The van der Waals surface area contributed by atoms with Crippen LogP contribution in [0.2, 0.25) is 5.02 Å². The number of amides is 1. The number of halogens is 1. The number of nitriles is 1. The molecule has 0 fully saturated rings. The number of benzene rings is 1. The molecule has 0 radical (unpaired) electrons. The number of thiazole rings is 1. The summed E-state index contributed by atoms with van der Waals surface area (Å²) >= 11 is 6.62. The monoisotopic (exact) mass is 363 g/mol. The predicted molar refractivity (Wildman–Crippen MR) is 88.9 cm³/mol. The van der Waals surface area contributed by atoms with Gasteiger partial charge in [0.25, 0.3) is 11.5 Å². The molecular weight excluding hydrogens is 354 g/mol. The number of nitrogens with two attached hydrogens (primary N) is 1. The first-order chi connectivity index (χ1) is 11.4. The number of primary amides is 1. The molecule has 0 aliphatic carbocycles. The Balaban J connectivity index is 2.97. The maximum atomic E-state index is 12.6. The normalized spacial score (nSPS) is 12.5. The summed E-state index contributed by atoms with van der Waals surface area (Å²) in [5.74, 6) is -1.72. The zero-order valence-corrected chi connectivity index (χ0v) is 13.9. The SMILES string of the molecule is COC(=O)/C=c1\s/c(=C(/C#N)C(N)=O)n(-c2ccc(Cl)cc2)c1=O. The highest BCUT2D eigenvalue weighted by Gasteiger charge is 2.15. The van der Waals surface area contributed by atoms with Gasteiger partial charge in [-0.1, -0.05) is 11.6 Å². The molecule has 0 saturated carbocycles. The number of hydrogen-bond donors (Lipinski definition) is 1. The van der Waals surface area contributed by atoms with Crippen LogP contribution in [0.25, 0.3) is 17.3 Å². The van der Waals surface area contributed by atoms with Gasteiger partial charge >= 0.3 is 5.97 Å². The fraction of sp³-hybridized carbons (Fsp3) is 0.0667. The first-order valence-electron chi connectivity index (χ1n) is 6.40. The van der Waals surface area contributed by atoms with Crippen LogP contribution in [0.4, 0.5) is 0 Å². The van der Waals surface area contributed by atoms with Gasteiger partial charge in [0.15, 0.2) is 5.57 Å². The molecular formula is C15H10ClN3O4S. The van der Waals surface area contributed by atoms with Crippen molar-refractivity contribution < 1.29 is 14.3 Å². The number of ether oxygens (including phenoxy) is 1. The van der Waals surface area contributed by atoms with Crippen LogP contribution in [-0.2, 0) is 14.3 Å². The molecule has 7 nitrogen and oxygen atoms in total. The second-order valence-electron chi connectivity index (χ2n) is 4.41. The zero-order chi connectivity index (χ0) is 17.9. The number of nitrogens with zero attached hydrogens (tertiary/aromatic N) is 2. The molecule has 24 heavy (non-hydrogen) atoms. The topological polar surface area (TPSA) is 115 Å². The number of aromatic nitrogens is 1. The molecule has 0 bridgehead atoms. The van der Waals surface area contributed by atoms with Gasteiger partial charge in [0.1, 0.15) is 15.3 Å². The highest BCUT2D eigenvalue weighted by molar-refractivity contribution is 7.07. The van der Waals surface area contributed by atoms with E-state index < -0.39 is 23.0 Å². The van der Waals surface area contributed by atoms with E-state index >= 15 is 0 Å². The molecule has 2 N–H and O–H groups in total. The van der Waals surface area contributed by atoms with Gasteiger partial charge in [-0.3, -0.25) is 14.2 Å². The maximum absolute atomic E-state index is 12.6. The number of esters is 1. The zero-order valence-electron chi connectivity index (χ0n) is 12.3. The molecule has 1 heterocycles. The van der Waals surface area contributed by atoms with Crippen LogP contribution < -0.4 is 20.5 Å². The number of carbonyl (C=O) groups excluding carboxylic acids is 2. The maximum Gasteiger partial charge on any atom is 0.332 e. The minimum absolute atomic E-state index is 0.000741. The van der Waals surface area contributed by atoms with Crippen molar-refractivity contribution in [3.8, 4) is 11.8 Å². The molecule has 122 valence electrons. The molecule has 1 amide bonds. The van der Waals surface area contributed by atoms with E-state index in [1.807, 2.05) is 0 Å². The predicted octanol–water partition coefficient (Wildman–Crippen LogP) is -0.335.